The SMILES string of the molecule is O=C(Cc1ccccc1)Nc1nnc(CCSCCc2nnc(NC(=O)[C@@H](O)c3ccccc3)s2)s1. The maximum atomic E-state index is 12.2. The average molecular weight is 541 g/mol. The van der Waals surface area contributed by atoms with Crippen LogP contribution < -0.4 is 10.6 Å². The molecule has 9 nitrogen and oxygen atoms in total. The summed E-state index contributed by atoms with van der Waals surface area (Å²) in [6, 6.07) is 18.3. The third-order valence-corrected chi connectivity index (χ3v) is 7.68. The van der Waals surface area contributed by atoms with Crippen molar-refractivity contribution in [3.05, 3.63) is 81.8 Å². The van der Waals surface area contributed by atoms with Crippen LogP contribution in [0.15, 0.2) is 60.7 Å². The Morgan fingerprint density at radius 3 is 1.97 bits per heavy atom. The Hall–Kier alpha value is -3.19. The van der Waals surface area contributed by atoms with E-state index >= 15 is 0 Å². The molecule has 4 rings (SSSR count). The molecule has 2 aromatic heterocycles. The second-order valence-electron chi connectivity index (χ2n) is 7.63. The number of nitrogens with zero attached hydrogens (tertiary/aromatic N) is 4. The van der Waals surface area contributed by atoms with E-state index in [1.54, 1.807) is 36.0 Å². The van der Waals surface area contributed by atoms with E-state index in [-0.39, 0.29) is 5.91 Å². The number of nitrogens with one attached hydrogen (secondary N) is 2. The molecule has 2 amide bonds. The first-order chi connectivity index (χ1) is 17.6. The fourth-order valence-corrected chi connectivity index (χ4v) is 5.77. The van der Waals surface area contributed by atoms with E-state index in [2.05, 4.69) is 31.0 Å². The van der Waals surface area contributed by atoms with Crippen molar-refractivity contribution in [2.45, 2.75) is 25.4 Å². The van der Waals surface area contributed by atoms with E-state index in [0.717, 1.165) is 39.9 Å². The Labute approximate surface area is 220 Å². The summed E-state index contributed by atoms with van der Waals surface area (Å²) in [4.78, 5) is 24.4. The van der Waals surface area contributed by atoms with Crippen LogP contribution in [0.5, 0.6) is 0 Å². The summed E-state index contributed by atoms with van der Waals surface area (Å²) in [5.41, 5.74) is 1.47. The van der Waals surface area contributed by atoms with Gasteiger partial charge in [-0.1, -0.05) is 83.3 Å². The molecule has 0 spiro atoms. The van der Waals surface area contributed by atoms with Gasteiger partial charge in [-0.3, -0.25) is 14.9 Å². The van der Waals surface area contributed by atoms with Gasteiger partial charge in [-0.05, 0) is 22.6 Å². The van der Waals surface area contributed by atoms with Crippen LogP contribution in [0.1, 0.15) is 27.2 Å². The molecule has 186 valence electrons. The van der Waals surface area contributed by atoms with Gasteiger partial charge in [0, 0.05) is 12.8 Å². The van der Waals surface area contributed by atoms with E-state index < -0.39 is 12.0 Å². The molecule has 0 radical (unpaired) electrons. The summed E-state index contributed by atoms with van der Waals surface area (Å²) in [7, 11) is 0. The van der Waals surface area contributed by atoms with Gasteiger partial charge in [0.25, 0.3) is 5.91 Å². The van der Waals surface area contributed by atoms with Crippen molar-refractivity contribution < 1.29 is 14.7 Å². The summed E-state index contributed by atoms with van der Waals surface area (Å²) in [5.74, 6) is 1.05. The Bertz CT molecular complexity index is 1270. The molecule has 36 heavy (non-hydrogen) atoms. The number of thioether (sulfide) groups is 1. The molecule has 2 heterocycles. The zero-order valence-electron chi connectivity index (χ0n) is 19.2. The fourth-order valence-electron chi connectivity index (χ4n) is 3.14. The Morgan fingerprint density at radius 2 is 1.36 bits per heavy atom. The lowest BCUT2D eigenvalue weighted by Gasteiger charge is -2.09. The lowest BCUT2D eigenvalue weighted by Crippen LogP contribution is -2.20. The van der Waals surface area contributed by atoms with Gasteiger partial charge >= 0.3 is 0 Å². The number of aryl methyl sites for hydroxylation is 2. The van der Waals surface area contributed by atoms with Crippen molar-refractivity contribution in [1.82, 2.24) is 20.4 Å². The summed E-state index contributed by atoms with van der Waals surface area (Å²) in [5, 5.41) is 34.5. The maximum absolute atomic E-state index is 12.2. The quantitative estimate of drug-likeness (QED) is 0.232. The molecule has 0 saturated carbocycles. The number of aliphatic hydroxyl groups is 1. The predicted molar refractivity (Wildman–Crippen MR) is 143 cm³/mol. The highest BCUT2D eigenvalue weighted by molar-refractivity contribution is 7.99. The molecule has 0 aliphatic heterocycles. The molecular weight excluding hydrogens is 517 g/mol. The molecule has 0 aliphatic carbocycles. The van der Waals surface area contributed by atoms with Gasteiger partial charge in [0.05, 0.1) is 6.42 Å². The van der Waals surface area contributed by atoms with Gasteiger partial charge in [-0.25, -0.2) is 0 Å². The number of hydrogen-bond acceptors (Lipinski definition) is 10. The van der Waals surface area contributed by atoms with Crippen LogP contribution in [0.2, 0.25) is 0 Å². The third kappa shape index (κ3) is 7.92. The molecule has 12 heteroatoms. The zero-order chi connectivity index (χ0) is 25.2. The molecular formula is C24H24N6O3S3. The predicted octanol–water partition coefficient (Wildman–Crippen LogP) is 3.76. The molecule has 0 bridgehead atoms. The van der Waals surface area contributed by atoms with Crippen LogP contribution in [0, 0.1) is 0 Å². The zero-order valence-corrected chi connectivity index (χ0v) is 21.6. The Kier molecular flexibility index (Phi) is 9.50. The second kappa shape index (κ2) is 13.2. The first-order valence-electron chi connectivity index (χ1n) is 11.2. The van der Waals surface area contributed by atoms with E-state index in [0.29, 0.717) is 22.2 Å². The van der Waals surface area contributed by atoms with Gasteiger partial charge in [0.15, 0.2) is 6.10 Å². The standard InChI is InChI=1S/C24H24N6O3S3/c31-18(15-16-7-3-1-4-8-16)25-23-29-27-19(35-23)11-13-34-14-12-20-28-30-24(36-20)26-22(33)21(32)17-9-5-2-6-10-17/h1-10,21,32H,11-15H2,(H,25,29,31)(H,26,30,33)/t21-/m0/s1. The van der Waals surface area contributed by atoms with Gasteiger partial charge in [-0.2, -0.15) is 11.8 Å². The van der Waals surface area contributed by atoms with Crippen LogP contribution in [0.4, 0.5) is 10.3 Å². The number of aromatic nitrogens is 4. The van der Waals surface area contributed by atoms with Gasteiger partial charge < -0.3 is 10.4 Å². The van der Waals surface area contributed by atoms with Crippen LogP contribution in [0.3, 0.4) is 0 Å². The van der Waals surface area contributed by atoms with Crippen molar-refractivity contribution in [2.75, 3.05) is 22.1 Å². The minimum Gasteiger partial charge on any atom is -0.378 e. The first-order valence-corrected chi connectivity index (χ1v) is 14.0. The van der Waals surface area contributed by atoms with Gasteiger partial charge in [-0.15, -0.1) is 20.4 Å². The van der Waals surface area contributed by atoms with Crippen molar-refractivity contribution in [3.63, 3.8) is 0 Å². The normalized spacial score (nSPS) is 11.7. The lowest BCUT2D eigenvalue weighted by molar-refractivity contribution is -0.124. The molecule has 3 N–H and O–H groups in total. The number of rotatable bonds is 12. The summed E-state index contributed by atoms with van der Waals surface area (Å²) >= 11 is 4.44. The van der Waals surface area contributed by atoms with Crippen LogP contribution in [-0.4, -0.2) is 48.8 Å². The van der Waals surface area contributed by atoms with Crippen LogP contribution in [0.25, 0.3) is 0 Å². The fraction of sp³-hybridized carbons (Fsp3) is 0.250. The molecule has 0 aliphatic rings. The van der Waals surface area contributed by atoms with Crippen molar-refractivity contribution in [2.24, 2.45) is 0 Å². The minimum absolute atomic E-state index is 0.111. The number of anilines is 2. The average Bonchev–Trinajstić information content (AvgIpc) is 3.53. The van der Waals surface area contributed by atoms with Crippen LogP contribution in [-0.2, 0) is 28.9 Å². The number of carbonyl (C=O) groups excluding carboxylic acids is 2. The van der Waals surface area contributed by atoms with Crippen molar-refractivity contribution in [3.8, 4) is 0 Å². The maximum Gasteiger partial charge on any atom is 0.259 e. The third-order valence-electron chi connectivity index (χ3n) is 4.90. The number of carbonyl (C=O) groups is 2. The highest BCUT2D eigenvalue weighted by Gasteiger charge is 2.18. The van der Waals surface area contributed by atoms with Gasteiger partial charge in [0.1, 0.15) is 10.0 Å². The van der Waals surface area contributed by atoms with Crippen molar-refractivity contribution >= 4 is 56.5 Å². The highest BCUT2D eigenvalue weighted by atomic mass is 32.2. The van der Waals surface area contributed by atoms with Gasteiger partial charge in [0.2, 0.25) is 16.2 Å². The van der Waals surface area contributed by atoms with E-state index in [4.69, 9.17) is 0 Å². The van der Waals surface area contributed by atoms with E-state index in [1.165, 1.54) is 22.7 Å². The molecule has 2 aromatic carbocycles. The monoisotopic (exact) mass is 540 g/mol. The summed E-state index contributed by atoms with van der Waals surface area (Å²) in [6.07, 6.45) is 0.519. The smallest absolute Gasteiger partial charge is 0.259 e. The Balaban J connectivity index is 1.13. The summed E-state index contributed by atoms with van der Waals surface area (Å²) in [6.45, 7) is 0. The molecule has 0 fully saturated rings. The largest absolute Gasteiger partial charge is 0.378 e. The lowest BCUT2D eigenvalue weighted by atomic mass is 10.1. The summed E-state index contributed by atoms with van der Waals surface area (Å²) < 4.78 is 0. The Morgan fingerprint density at radius 1 is 0.806 bits per heavy atom. The highest BCUT2D eigenvalue weighted by Crippen LogP contribution is 2.21. The number of amides is 2. The molecule has 0 unspecified atom stereocenters. The molecule has 4 aromatic rings. The van der Waals surface area contributed by atoms with E-state index in [9.17, 15) is 14.7 Å². The number of aliphatic hydroxyl groups excluding tert-OH is 1. The number of benzene rings is 2. The second-order valence-corrected chi connectivity index (χ2v) is 11.0. The topological polar surface area (TPSA) is 130 Å². The van der Waals surface area contributed by atoms with Crippen LogP contribution >= 0.6 is 34.4 Å². The first kappa shape index (κ1) is 25.9. The minimum atomic E-state index is -1.26. The molecule has 0 saturated heterocycles. The van der Waals surface area contributed by atoms with Crippen molar-refractivity contribution in [1.29, 1.82) is 0 Å². The molecule has 1 atom stereocenters. The van der Waals surface area contributed by atoms with E-state index in [1.807, 2.05) is 36.4 Å². The number of hydrogen-bond donors (Lipinski definition) is 3.